The maximum Gasteiger partial charge on any atom is 0.177 e. The maximum atomic E-state index is 5.26. The molecule has 0 saturated heterocycles. The molecule has 2 rings (SSSR count). The molecular weight excluding hydrogens is 204 g/mol. The SMILES string of the molecule is Cc1c[nH]c(=S)n1C(C)c1ccccc1. The minimum atomic E-state index is 0.282. The molecule has 0 aliphatic rings. The normalized spacial score (nSPS) is 12.7. The van der Waals surface area contributed by atoms with Crippen molar-refractivity contribution in [2.45, 2.75) is 19.9 Å². The van der Waals surface area contributed by atoms with Gasteiger partial charge in [-0.1, -0.05) is 30.3 Å². The van der Waals surface area contributed by atoms with Crippen molar-refractivity contribution in [1.82, 2.24) is 9.55 Å². The number of rotatable bonds is 2. The van der Waals surface area contributed by atoms with Crippen LogP contribution in [0, 0.1) is 11.7 Å². The monoisotopic (exact) mass is 218 g/mol. The number of aryl methyl sites for hydroxylation is 1. The van der Waals surface area contributed by atoms with Crippen molar-refractivity contribution < 1.29 is 0 Å². The number of aromatic amines is 1. The molecule has 15 heavy (non-hydrogen) atoms. The minimum absolute atomic E-state index is 0.282. The van der Waals surface area contributed by atoms with Crippen LogP contribution in [0.2, 0.25) is 0 Å². The summed E-state index contributed by atoms with van der Waals surface area (Å²) in [5, 5.41) is 0. The summed E-state index contributed by atoms with van der Waals surface area (Å²) in [4.78, 5) is 3.07. The van der Waals surface area contributed by atoms with Crippen LogP contribution in [0.4, 0.5) is 0 Å². The van der Waals surface area contributed by atoms with Gasteiger partial charge in [-0.25, -0.2) is 0 Å². The van der Waals surface area contributed by atoms with E-state index in [1.807, 2.05) is 12.3 Å². The quantitative estimate of drug-likeness (QED) is 0.765. The Hall–Kier alpha value is -1.35. The predicted octanol–water partition coefficient (Wildman–Crippen LogP) is 3.46. The van der Waals surface area contributed by atoms with Gasteiger partial charge in [-0.3, -0.25) is 0 Å². The minimum Gasteiger partial charge on any atom is -0.337 e. The molecule has 0 amide bonds. The van der Waals surface area contributed by atoms with Gasteiger partial charge in [0.05, 0.1) is 6.04 Å². The van der Waals surface area contributed by atoms with Crippen molar-refractivity contribution in [3.63, 3.8) is 0 Å². The molecule has 2 aromatic rings. The van der Waals surface area contributed by atoms with Crippen LogP contribution in [0.15, 0.2) is 36.5 Å². The Balaban J connectivity index is 2.45. The molecule has 3 heteroatoms. The van der Waals surface area contributed by atoms with Gasteiger partial charge in [0.25, 0.3) is 0 Å². The molecular formula is C12H14N2S. The van der Waals surface area contributed by atoms with Crippen molar-refractivity contribution in [3.05, 3.63) is 52.6 Å². The van der Waals surface area contributed by atoms with E-state index >= 15 is 0 Å². The Bertz CT molecular complexity index is 496. The summed E-state index contributed by atoms with van der Waals surface area (Å²) >= 11 is 5.26. The van der Waals surface area contributed by atoms with E-state index < -0.39 is 0 Å². The van der Waals surface area contributed by atoms with Crippen LogP contribution < -0.4 is 0 Å². The fourth-order valence-electron chi connectivity index (χ4n) is 1.83. The summed E-state index contributed by atoms with van der Waals surface area (Å²) in [6, 6.07) is 10.7. The van der Waals surface area contributed by atoms with Crippen molar-refractivity contribution >= 4 is 12.2 Å². The summed E-state index contributed by atoms with van der Waals surface area (Å²) in [6.45, 7) is 4.22. The Kier molecular flexibility index (Phi) is 2.73. The molecule has 0 fully saturated rings. The molecule has 1 heterocycles. The summed E-state index contributed by atoms with van der Waals surface area (Å²) < 4.78 is 2.91. The van der Waals surface area contributed by atoms with Gasteiger partial charge >= 0.3 is 0 Å². The molecule has 1 atom stereocenters. The van der Waals surface area contributed by atoms with Crippen LogP contribution in [0.1, 0.15) is 24.2 Å². The van der Waals surface area contributed by atoms with Gasteiger partial charge in [0.1, 0.15) is 0 Å². The number of H-pyrrole nitrogens is 1. The fourth-order valence-corrected chi connectivity index (χ4v) is 2.19. The average molecular weight is 218 g/mol. The van der Waals surface area contributed by atoms with E-state index in [-0.39, 0.29) is 6.04 Å². The molecule has 1 unspecified atom stereocenters. The zero-order chi connectivity index (χ0) is 10.8. The Morgan fingerprint density at radius 3 is 2.47 bits per heavy atom. The van der Waals surface area contributed by atoms with E-state index in [4.69, 9.17) is 12.2 Å². The Labute approximate surface area is 94.6 Å². The van der Waals surface area contributed by atoms with Gasteiger partial charge in [0.2, 0.25) is 0 Å². The molecule has 0 saturated carbocycles. The number of benzene rings is 1. The van der Waals surface area contributed by atoms with E-state index in [9.17, 15) is 0 Å². The van der Waals surface area contributed by atoms with Gasteiger partial charge in [0.15, 0.2) is 4.77 Å². The molecule has 1 aromatic heterocycles. The standard InChI is InChI=1S/C12H14N2S/c1-9-8-13-12(15)14(9)10(2)11-6-4-3-5-7-11/h3-8,10H,1-2H3,(H,13,15). The van der Waals surface area contributed by atoms with Crippen LogP contribution >= 0.6 is 12.2 Å². The third kappa shape index (κ3) is 1.88. The van der Waals surface area contributed by atoms with Crippen molar-refractivity contribution in [3.8, 4) is 0 Å². The summed E-state index contributed by atoms with van der Waals surface area (Å²) in [7, 11) is 0. The first-order chi connectivity index (χ1) is 7.20. The molecule has 0 aliphatic heterocycles. The second kappa shape index (κ2) is 4.03. The smallest absolute Gasteiger partial charge is 0.177 e. The number of hydrogen-bond acceptors (Lipinski definition) is 1. The third-order valence-electron chi connectivity index (χ3n) is 2.67. The van der Waals surface area contributed by atoms with Crippen LogP contribution in [0.5, 0.6) is 0 Å². The maximum absolute atomic E-state index is 5.26. The number of hydrogen-bond donors (Lipinski definition) is 1. The van der Waals surface area contributed by atoms with Gasteiger partial charge in [0, 0.05) is 11.9 Å². The van der Waals surface area contributed by atoms with E-state index in [2.05, 4.69) is 47.7 Å². The predicted molar refractivity (Wildman–Crippen MR) is 64.6 cm³/mol. The van der Waals surface area contributed by atoms with E-state index in [1.165, 1.54) is 5.56 Å². The Morgan fingerprint density at radius 2 is 1.93 bits per heavy atom. The average Bonchev–Trinajstić information content (AvgIpc) is 2.59. The highest BCUT2D eigenvalue weighted by Gasteiger charge is 2.09. The summed E-state index contributed by atoms with van der Waals surface area (Å²) in [5.74, 6) is 0. The lowest BCUT2D eigenvalue weighted by atomic mass is 10.1. The van der Waals surface area contributed by atoms with Crippen LogP contribution in [0.3, 0.4) is 0 Å². The first-order valence-electron chi connectivity index (χ1n) is 5.01. The molecule has 0 spiro atoms. The summed E-state index contributed by atoms with van der Waals surface area (Å²) in [6.07, 6.45) is 1.95. The van der Waals surface area contributed by atoms with Gasteiger partial charge in [-0.2, -0.15) is 0 Å². The number of nitrogens with zero attached hydrogens (tertiary/aromatic N) is 1. The van der Waals surface area contributed by atoms with Gasteiger partial charge < -0.3 is 9.55 Å². The second-order valence-electron chi connectivity index (χ2n) is 3.69. The zero-order valence-corrected chi connectivity index (χ0v) is 9.71. The molecule has 78 valence electrons. The van der Waals surface area contributed by atoms with Gasteiger partial charge in [-0.05, 0) is 31.6 Å². The van der Waals surface area contributed by atoms with Crippen LogP contribution in [0.25, 0.3) is 0 Å². The van der Waals surface area contributed by atoms with E-state index in [1.54, 1.807) is 0 Å². The molecule has 1 aromatic carbocycles. The molecule has 1 N–H and O–H groups in total. The van der Waals surface area contributed by atoms with Crippen LogP contribution in [-0.2, 0) is 0 Å². The number of imidazole rings is 1. The third-order valence-corrected chi connectivity index (χ3v) is 2.99. The lowest BCUT2D eigenvalue weighted by Crippen LogP contribution is -2.08. The highest BCUT2D eigenvalue weighted by molar-refractivity contribution is 7.71. The Morgan fingerprint density at radius 1 is 1.27 bits per heavy atom. The first kappa shape index (κ1) is 10.2. The zero-order valence-electron chi connectivity index (χ0n) is 8.90. The van der Waals surface area contributed by atoms with Crippen molar-refractivity contribution in [1.29, 1.82) is 0 Å². The van der Waals surface area contributed by atoms with Gasteiger partial charge in [-0.15, -0.1) is 0 Å². The lowest BCUT2D eigenvalue weighted by molar-refractivity contribution is 0.614. The van der Waals surface area contributed by atoms with E-state index in [0.717, 1.165) is 10.5 Å². The van der Waals surface area contributed by atoms with Crippen molar-refractivity contribution in [2.75, 3.05) is 0 Å². The molecule has 0 bridgehead atoms. The fraction of sp³-hybridized carbons (Fsp3) is 0.250. The lowest BCUT2D eigenvalue weighted by Gasteiger charge is -2.15. The topological polar surface area (TPSA) is 20.7 Å². The number of aromatic nitrogens is 2. The largest absolute Gasteiger partial charge is 0.337 e. The van der Waals surface area contributed by atoms with Crippen molar-refractivity contribution in [2.24, 2.45) is 0 Å². The highest BCUT2D eigenvalue weighted by atomic mass is 32.1. The summed E-state index contributed by atoms with van der Waals surface area (Å²) in [5.41, 5.74) is 2.44. The molecule has 2 nitrogen and oxygen atoms in total. The molecule has 0 radical (unpaired) electrons. The van der Waals surface area contributed by atoms with E-state index in [0.29, 0.717) is 0 Å². The second-order valence-corrected chi connectivity index (χ2v) is 4.08. The number of nitrogens with one attached hydrogen (secondary N) is 1. The molecule has 0 aliphatic carbocycles. The highest BCUT2D eigenvalue weighted by Crippen LogP contribution is 2.19. The first-order valence-corrected chi connectivity index (χ1v) is 5.42. The van der Waals surface area contributed by atoms with Crippen LogP contribution in [-0.4, -0.2) is 9.55 Å².